The van der Waals surface area contributed by atoms with Crippen molar-refractivity contribution in [3.63, 3.8) is 0 Å². The zero-order valence-electron chi connectivity index (χ0n) is 34.3. The summed E-state index contributed by atoms with van der Waals surface area (Å²) in [6, 6.07) is 14.1. The normalized spacial score (nSPS) is 15.2. The van der Waals surface area contributed by atoms with E-state index in [4.69, 9.17) is 9.47 Å². The van der Waals surface area contributed by atoms with E-state index in [0.29, 0.717) is 17.3 Å². The Morgan fingerprint density at radius 2 is 1.25 bits per heavy atom. The van der Waals surface area contributed by atoms with Crippen LogP contribution in [0.1, 0.15) is 113 Å². The molecule has 2 saturated carbocycles. The van der Waals surface area contributed by atoms with Gasteiger partial charge in [-0.15, -0.1) is 0 Å². The zero-order chi connectivity index (χ0) is 42.3. The van der Waals surface area contributed by atoms with Gasteiger partial charge in [-0.1, -0.05) is 24.3 Å². The van der Waals surface area contributed by atoms with Crippen molar-refractivity contribution in [2.75, 3.05) is 37.1 Å². The molecule has 1 unspecified atom stereocenters. The number of aromatic nitrogens is 2. The SMILES string of the molecule is CCOC(=O)C(CO)NCc1cnc(C(=O)Nc2cccc(-c3cccc(NC(=O)c4cc(C5CC5)c(CN[C@](C)(CO)C(=O)OCC)cn4)c3C)c2C)cc1C1CC1. The van der Waals surface area contributed by atoms with Gasteiger partial charge in [-0.05, 0) is 141 Å². The molecule has 6 rings (SSSR count). The zero-order valence-corrected chi connectivity index (χ0v) is 34.3. The summed E-state index contributed by atoms with van der Waals surface area (Å²) in [5.74, 6) is -1.20. The van der Waals surface area contributed by atoms with Gasteiger partial charge >= 0.3 is 11.9 Å². The Morgan fingerprint density at radius 3 is 1.69 bits per heavy atom. The Morgan fingerprint density at radius 1 is 0.763 bits per heavy atom. The fourth-order valence-electron chi connectivity index (χ4n) is 7.06. The van der Waals surface area contributed by atoms with Crippen LogP contribution in [0.15, 0.2) is 60.9 Å². The van der Waals surface area contributed by atoms with Gasteiger partial charge in [-0.3, -0.25) is 35.0 Å². The third kappa shape index (κ3) is 10.2. The summed E-state index contributed by atoms with van der Waals surface area (Å²) in [5.41, 5.74) is 7.62. The average Bonchev–Trinajstić information content (AvgIpc) is 4.17. The van der Waals surface area contributed by atoms with Gasteiger partial charge in [0.2, 0.25) is 0 Å². The van der Waals surface area contributed by atoms with Crippen molar-refractivity contribution in [1.82, 2.24) is 20.6 Å². The monoisotopic (exact) mass is 806 g/mol. The number of anilines is 2. The van der Waals surface area contributed by atoms with Gasteiger partial charge in [0.15, 0.2) is 0 Å². The lowest BCUT2D eigenvalue weighted by Gasteiger charge is -2.26. The maximum atomic E-state index is 13.7. The number of aliphatic hydroxyl groups is 2. The molecule has 2 amide bonds. The number of esters is 2. The molecule has 2 atom stereocenters. The van der Waals surface area contributed by atoms with Crippen LogP contribution in [0.25, 0.3) is 11.1 Å². The van der Waals surface area contributed by atoms with E-state index < -0.39 is 36.7 Å². The highest BCUT2D eigenvalue weighted by Crippen LogP contribution is 2.43. The highest BCUT2D eigenvalue weighted by Gasteiger charge is 2.35. The lowest BCUT2D eigenvalue weighted by atomic mass is 9.94. The number of rotatable bonds is 19. The molecule has 2 aromatic heterocycles. The van der Waals surface area contributed by atoms with E-state index >= 15 is 0 Å². The molecule has 2 aliphatic carbocycles. The lowest BCUT2D eigenvalue weighted by molar-refractivity contribution is -0.152. The second-order valence-electron chi connectivity index (χ2n) is 15.4. The summed E-state index contributed by atoms with van der Waals surface area (Å²) in [6.07, 6.45) is 7.26. The van der Waals surface area contributed by atoms with Crippen molar-refractivity contribution in [1.29, 1.82) is 0 Å². The summed E-state index contributed by atoms with van der Waals surface area (Å²) >= 11 is 0. The highest BCUT2D eigenvalue weighted by molar-refractivity contribution is 6.05. The molecule has 0 bridgehead atoms. The van der Waals surface area contributed by atoms with Crippen LogP contribution in [0, 0.1) is 13.8 Å². The molecular weight excluding hydrogens is 753 g/mol. The van der Waals surface area contributed by atoms with Crippen LogP contribution in [0.3, 0.4) is 0 Å². The first-order valence-corrected chi connectivity index (χ1v) is 20.2. The number of ether oxygens (including phenoxy) is 2. The van der Waals surface area contributed by atoms with Gasteiger partial charge in [0.1, 0.15) is 23.0 Å². The molecular formula is C45H54N6O8. The summed E-state index contributed by atoms with van der Waals surface area (Å²) in [6.45, 7) is 9.03. The number of nitrogens with one attached hydrogen (secondary N) is 4. The van der Waals surface area contributed by atoms with Gasteiger partial charge in [0.05, 0.1) is 26.4 Å². The number of hydrogen-bond acceptors (Lipinski definition) is 12. The van der Waals surface area contributed by atoms with Gasteiger partial charge < -0.3 is 30.3 Å². The third-order valence-electron chi connectivity index (χ3n) is 11.0. The summed E-state index contributed by atoms with van der Waals surface area (Å²) in [7, 11) is 0. The first kappa shape index (κ1) is 43.0. The van der Waals surface area contributed by atoms with Gasteiger partial charge in [0, 0.05) is 36.9 Å². The van der Waals surface area contributed by atoms with E-state index in [2.05, 4.69) is 31.2 Å². The average molecular weight is 807 g/mol. The summed E-state index contributed by atoms with van der Waals surface area (Å²) in [5, 5.41) is 31.9. The Kier molecular flexibility index (Phi) is 13.9. The molecule has 14 heteroatoms. The first-order valence-electron chi connectivity index (χ1n) is 20.2. The fourth-order valence-corrected chi connectivity index (χ4v) is 7.06. The second kappa shape index (κ2) is 19.0. The molecule has 2 fully saturated rings. The molecule has 312 valence electrons. The fraction of sp³-hybridized carbons (Fsp3) is 0.422. The molecule has 2 aromatic carbocycles. The molecule has 0 aliphatic heterocycles. The van der Waals surface area contributed by atoms with Crippen LogP contribution in [0.2, 0.25) is 0 Å². The minimum absolute atomic E-state index is 0.202. The number of hydrogen-bond donors (Lipinski definition) is 6. The van der Waals surface area contributed by atoms with E-state index in [1.54, 1.807) is 33.2 Å². The van der Waals surface area contributed by atoms with E-state index in [9.17, 15) is 29.4 Å². The minimum atomic E-state index is -1.28. The van der Waals surface area contributed by atoms with Crippen LogP contribution in [0.4, 0.5) is 11.4 Å². The maximum absolute atomic E-state index is 13.7. The number of carbonyl (C=O) groups excluding carboxylic acids is 4. The number of carbonyl (C=O) groups is 4. The largest absolute Gasteiger partial charge is 0.465 e. The van der Waals surface area contributed by atoms with Crippen molar-refractivity contribution in [2.45, 2.75) is 96.8 Å². The molecule has 14 nitrogen and oxygen atoms in total. The predicted molar refractivity (Wildman–Crippen MR) is 223 cm³/mol. The molecule has 0 radical (unpaired) electrons. The number of benzene rings is 2. The molecule has 0 saturated heterocycles. The molecule has 2 heterocycles. The minimum Gasteiger partial charge on any atom is -0.465 e. The molecule has 0 spiro atoms. The standard InChI is InChI=1S/C45H54N6O8/c1-6-58-43(56)40(24-52)48-21-30-20-46-38(18-34(30)28-14-15-28)41(54)50-36-12-8-10-32(26(36)3)33-11-9-13-37(27(33)4)51-42(55)39-19-35(29-16-17-29)31(22-47-39)23-49-45(5,25-53)44(57)59-7-2/h8-13,18-20,22,28-29,40,48-49,52-53H,6-7,14-17,21,23-25H2,1-5H3,(H,50,54)(H,51,55)/t40?,45-/m1/s1. The van der Waals surface area contributed by atoms with Crippen molar-refractivity contribution in [2.24, 2.45) is 0 Å². The van der Waals surface area contributed by atoms with E-state index in [-0.39, 0.29) is 55.4 Å². The van der Waals surface area contributed by atoms with Crippen LogP contribution in [-0.4, -0.2) is 81.9 Å². The molecule has 59 heavy (non-hydrogen) atoms. The van der Waals surface area contributed by atoms with Crippen LogP contribution >= 0.6 is 0 Å². The van der Waals surface area contributed by atoms with Crippen LogP contribution in [-0.2, 0) is 32.2 Å². The topological polar surface area (TPSA) is 201 Å². The van der Waals surface area contributed by atoms with Crippen molar-refractivity contribution >= 4 is 35.1 Å². The van der Waals surface area contributed by atoms with Crippen molar-refractivity contribution < 1.29 is 38.9 Å². The van der Waals surface area contributed by atoms with Crippen molar-refractivity contribution in [3.8, 4) is 11.1 Å². The Hall–Kier alpha value is -5.54. The maximum Gasteiger partial charge on any atom is 0.328 e. The summed E-state index contributed by atoms with van der Waals surface area (Å²) < 4.78 is 10.2. The van der Waals surface area contributed by atoms with Gasteiger partial charge in [-0.2, -0.15) is 0 Å². The van der Waals surface area contributed by atoms with Gasteiger partial charge in [0.25, 0.3) is 11.8 Å². The third-order valence-corrected chi connectivity index (χ3v) is 11.0. The molecule has 2 aliphatic rings. The molecule has 6 N–H and O–H groups in total. The van der Waals surface area contributed by atoms with Crippen LogP contribution in [0.5, 0.6) is 0 Å². The predicted octanol–water partition coefficient (Wildman–Crippen LogP) is 5.44. The van der Waals surface area contributed by atoms with Gasteiger partial charge in [-0.25, -0.2) is 4.79 Å². The second-order valence-corrected chi connectivity index (χ2v) is 15.4. The number of pyridine rings is 2. The Bertz CT molecular complexity index is 2200. The Balaban J connectivity index is 1.16. The molecule has 4 aromatic rings. The Labute approximate surface area is 344 Å². The number of nitrogens with zero attached hydrogens (tertiary/aromatic N) is 2. The van der Waals surface area contributed by atoms with E-state index in [0.717, 1.165) is 70.2 Å². The van der Waals surface area contributed by atoms with Crippen molar-refractivity contribution in [3.05, 3.63) is 106 Å². The number of aliphatic hydroxyl groups excluding tert-OH is 2. The smallest absolute Gasteiger partial charge is 0.328 e. The quantitative estimate of drug-likeness (QED) is 0.0657. The van der Waals surface area contributed by atoms with E-state index in [1.807, 2.05) is 62.4 Å². The highest BCUT2D eigenvalue weighted by atomic mass is 16.5. The van der Waals surface area contributed by atoms with E-state index in [1.165, 1.54) is 0 Å². The number of amides is 2. The first-order chi connectivity index (χ1) is 28.4. The van der Waals surface area contributed by atoms with Crippen LogP contribution < -0.4 is 21.3 Å². The summed E-state index contributed by atoms with van der Waals surface area (Å²) in [4.78, 5) is 61.0. The lowest BCUT2D eigenvalue weighted by Crippen LogP contribution is -2.53.